The first-order valence-electron chi connectivity index (χ1n) is 5.85. The summed E-state index contributed by atoms with van der Waals surface area (Å²) in [5, 5.41) is 0. The van der Waals surface area contributed by atoms with E-state index in [0.29, 0.717) is 23.0 Å². The van der Waals surface area contributed by atoms with Gasteiger partial charge in [0.1, 0.15) is 0 Å². The fourth-order valence-electron chi connectivity index (χ4n) is 1.58. The molecule has 20 heavy (non-hydrogen) atoms. The van der Waals surface area contributed by atoms with Crippen molar-refractivity contribution in [3.05, 3.63) is 48.5 Å². The molecule has 0 aliphatic carbocycles. The van der Waals surface area contributed by atoms with Gasteiger partial charge in [0.05, 0.1) is 14.2 Å². The molecule has 0 saturated carbocycles. The molecule has 0 radical (unpaired) electrons. The van der Waals surface area contributed by atoms with Crippen molar-refractivity contribution in [1.29, 1.82) is 0 Å². The first kappa shape index (κ1) is 14.4. The number of methoxy groups -OCH3 is 2. The fourth-order valence-corrected chi connectivity index (χ4v) is 2.25. The summed E-state index contributed by atoms with van der Waals surface area (Å²) in [6.07, 6.45) is 0. The van der Waals surface area contributed by atoms with Crippen LogP contribution in [0.25, 0.3) is 0 Å². The van der Waals surface area contributed by atoms with E-state index in [4.69, 9.17) is 18.5 Å². The van der Waals surface area contributed by atoms with Gasteiger partial charge >= 0.3 is 8.60 Å². The zero-order chi connectivity index (χ0) is 14.4. The van der Waals surface area contributed by atoms with Crippen LogP contribution < -0.4 is 18.5 Å². The Morgan fingerprint density at radius 1 is 0.700 bits per heavy atom. The maximum Gasteiger partial charge on any atom is 0.460 e. The second kappa shape index (κ2) is 6.98. The van der Waals surface area contributed by atoms with Crippen LogP contribution in [0.2, 0.25) is 0 Å². The molecule has 6 heteroatoms. The molecule has 0 atom stereocenters. The number of ether oxygens (including phenoxy) is 2. The Hall–Kier alpha value is -1.97. The Balaban J connectivity index is 2.07. The molecule has 0 aliphatic rings. The molecule has 0 fully saturated rings. The maximum atomic E-state index is 9.91. The second-order valence-electron chi connectivity index (χ2n) is 3.72. The van der Waals surface area contributed by atoms with Crippen LogP contribution in [0.1, 0.15) is 0 Å². The van der Waals surface area contributed by atoms with Crippen molar-refractivity contribution in [2.45, 2.75) is 0 Å². The summed E-state index contributed by atoms with van der Waals surface area (Å²) in [7, 11) is 0.924. The van der Waals surface area contributed by atoms with Gasteiger partial charge in [-0.05, 0) is 24.3 Å². The average Bonchev–Trinajstić information content (AvgIpc) is 2.48. The average molecular weight is 294 g/mol. The summed E-state index contributed by atoms with van der Waals surface area (Å²) in [6, 6.07) is 14.0. The monoisotopic (exact) mass is 294 g/mol. The van der Waals surface area contributed by atoms with Gasteiger partial charge in [-0.15, -0.1) is 0 Å². The summed E-state index contributed by atoms with van der Waals surface area (Å²) < 4.78 is 21.0. The number of hydrogen-bond donors (Lipinski definition) is 1. The van der Waals surface area contributed by atoms with Crippen molar-refractivity contribution >= 4 is 8.60 Å². The van der Waals surface area contributed by atoms with Crippen LogP contribution in [0.3, 0.4) is 0 Å². The first-order valence-corrected chi connectivity index (χ1v) is 6.98. The highest BCUT2D eigenvalue weighted by molar-refractivity contribution is 7.41. The largest absolute Gasteiger partial charge is 0.493 e. The summed E-state index contributed by atoms with van der Waals surface area (Å²) in [5.41, 5.74) is 0. The summed E-state index contributed by atoms with van der Waals surface area (Å²) >= 11 is 0. The molecule has 0 saturated heterocycles. The van der Waals surface area contributed by atoms with Crippen molar-refractivity contribution < 1.29 is 23.4 Å². The smallest absolute Gasteiger partial charge is 0.460 e. The van der Waals surface area contributed by atoms with Crippen molar-refractivity contribution in [2.75, 3.05) is 14.2 Å². The predicted molar refractivity (Wildman–Crippen MR) is 76.4 cm³/mol. The third-order valence-electron chi connectivity index (χ3n) is 2.49. The van der Waals surface area contributed by atoms with E-state index in [-0.39, 0.29) is 0 Å². The molecule has 5 nitrogen and oxygen atoms in total. The van der Waals surface area contributed by atoms with E-state index in [1.165, 1.54) is 14.2 Å². The lowest BCUT2D eigenvalue weighted by atomic mass is 10.3. The quantitative estimate of drug-likeness (QED) is 0.828. The molecule has 0 aromatic heterocycles. The normalized spacial score (nSPS) is 10.2. The molecule has 1 N–H and O–H groups in total. The van der Waals surface area contributed by atoms with Gasteiger partial charge in [-0.25, -0.2) is 0 Å². The molecule has 106 valence electrons. The van der Waals surface area contributed by atoms with Crippen LogP contribution in [0, 0.1) is 0 Å². The van der Waals surface area contributed by atoms with Crippen LogP contribution in [-0.4, -0.2) is 19.1 Å². The van der Waals surface area contributed by atoms with Crippen molar-refractivity contribution in [3.63, 3.8) is 0 Å². The highest BCUT2D eigenvalue weighted by atomic mass is 31.2. The van der Waals surface area contributed by atoms with E-state index < -0.39 is 8.60 Å². The second-order valence-corrected chi connectivity index (χ2v) is 4.56. The molecule has 2 rings (SSSR count). The molecule has 2 aromatic carbocycles. The molecule has 0 aliphatic heterocycles. The van der Waals surface area contributed by atoms with Crippen molar-refractivity contribution in [3.8, 4) is 23.0 Å². The van der Waals surface area contributed by atoms with Crippen LogP contribution >= 0.6 is 8.60 Å². The van der Waals surface area contributed by atoms with Crippen LogP contribution in [0.4, 0.5) is 0 Å². The van der Waals surface area contributed by atoms with Crippen LogP contribution in [-0.2, 0) is 0 Å². The minimum Gasteiger partial charge on any atom is -0.493 e. The molecule has 2 aromatic rings. The third kappa shape index (κ3) is 3.53. The minimum absolute atomic E-state index is 0.415. The highest BCUT2D eigenvalue weighted by Gasteiger charge is 2.16. The Bertz CT molecular complexity index is 511. The lowest BCUT2D eigenvalue weighted by Gasteiger charge is -2.15. The van der Waals surface area contributed by atoms with Crippen LogP contribution in [0.5, 0.6) is 23.0 Å². The number of benzene rings is 2. The van der Waals surface area contributed by atoms with Gasteiger partial charge in [-0.1, -0.05) is 24.3 Å². The number of para-hydroxylation sites is 4. The summed E-state index contributed by atoms with van der Waals surface area (Å²) in [5.74, 6) is 1.88. The predicted octanol–water partition coefficient (Wildman–Crippen LogP) is 3.38. The number of rotatable bonds is 6. The van der Waals surface area contributed by atoms with Gasteiger partial charge < -0.3 is 23.4 Å². The zero-order valence-corrected chi connectivity index (χ0v) is 12.0. The SMILES string of the molecule is COc1ccccc1OP(O)Oc1ccccc1OC. The third-order valence-corrected chi connectivity index (χ3v) is 3.20. The Kier molecular flexibility index (Phi) is 5.04. The maximum absolute atomic E-state index is 9.91. The van der Waals surface area contributed by atoms with E-state index >= 15 is 0 Å². The Labute approximate surface area is 118 Å². The van der Waals surface area contributed by atoms with Crippen molar-refractivity contribution in [2.24, 2.45) is 0 Å². The molecular formula is C14H15O5P. The zero-order valence-electron chi connectivity index (χ0n) is 11.1. The standard InChI is InChI=1S/C14H15O5P/c1-16-11-7-3-5-9-13(11)18-20(15)19-14-10-6-4-8-12(14)17-2/h3-10,15H,1-2H3. The van der Waals surface area contributed by atoms with Gasteiger partial charge in [0.2, 0.25) is 0 Å². The van der Waals surface area contributed by atoms with Gasteiger partial charge in [-0.3, -0.25) is 0 Å². The molecule has 0 bridgehead atoms. The van der Waals surface area contributed by atoms with Gasteiger partial charge in [0, 0.05) is 0 Å². The van der Waals surface area contributed by atoms with Gasteiger partial charge in [0.25, 0.3) is 0 Å². The van der Waals surface area contributed by atoms with E-state index in [2.05, 4.69) is 0 Å². The molecule has 0 heterocycles. The highest BCUT2D eigenvalue weighted by Crippen LogP contribution is 2.42. The van der Waals surface area contributed by atoms with E-state index in [1.807, 2.05) is 12.1 Å². The van der Waals surface area contributed by atoms with E-state index in [0.717, 1.165) is 0 Å². The Morgan fingerprint density at radius 3 is 1.40 bits per heavy atom. The van der Waals surface area contributed by atoms with Crippen LogP contribution in [0.15, 0.2) is 48.5 Å². The lowest BCUT2D eigenvalue weighted by Crippen LogP contribution is -1.97. The lowest BCUT2D eigenvalue weighted by molar-refractivity contribution is 0.343. The molecule has 0 amide bonds. The number of hydrogen-bond acceptors (Lipinski definition) is 5. The molecular weight excluding hydrogens is 279 g/mol. The first-order chi connectivity index (χ1) is 9.74. The summed E-state index contributed by atoms with van der Waals surface area (Å²) in [6.45, 7) is 0. The minimum atomic E-state index is -2.14. The molecule has 0 spiro atoms. The molecule has 0 unspecified atom stereocenters. The van der Waals surface area contributed by atoms with Gasteiger partial charge in [-0.2, -0.15) is 0 Å². The summed E-state index contributed by atoms with van der Waals surface area (Å²) in [4.78, 5) is 9.91. The van der Waals surface area contributed by atoms with E-state index in [9.17, 15) is 4.89 Å². The topological polar surface area (TPSA) is 57.2 Å². The van der Waals surface area contributed by atoms with Gasteiger partial charge in [0.15, 0.2) is 23.0 Å². The Morgan fingerprint density at radius 2 is 1.05 bits per heavy atom. The van der Waals surface area contributed by atoms with Crippen molar-refractivity contribution in [1.82, 2.24) is 0 Å². The van der Waals surface area contributed by atoms with E-state index in [1.54, 1.807) is 36.4 Å². The fraction of sp³-hybridized carbons (Fsp3) is 0.143.